The summed E-state index contributed by atoms with van der Waals surface area (Å²) < 4.78 is 0. The molecule has 4 aromatic carbocycles. The van der Waals surface area contributed by atoms with Crippen LogP contribution in [0.25, 0.3) is 10.8 Å². The van der Waals surface area contributed by atoms with Crippen LogP contribution in [-0.2, 0) is 19.4 Å². The lowest BCUT2D eigenvalue weighted by molar-refractivity contribution is -0.384. The number of amides is 2. The third-order valence-electron chi connectivity index (χ3n) is 7.38. The lowest BCUT2D eigenvalue weighted by Crippen LogP contribution is -2.36. The summed E-state index contributed by atoms with van der Waals surface area (Å²) in [6, 6.07) is 27.1. The second kappa shape index (κ2) is 11.3. The Morgan fingerprint density at radius 2 is 1.68 bits per heavy atom. The molecule has 9 heteroatoms. The third kappa shape index (κ3) is 5.57. The van der Waals surface area contributed by atoms with Crippen LogP contribution in [0.3, 0.4) is 0 Å². The lowest BCUT2D eigenvalue weighted by atomic mass is 10.00. The minimum atomic E-state index is -0.545. The predicted molar refractivity (Wildman–Crippen MR) is 158 cm³/mol. The monoisotopic (exact) mass is 562 g/mol. The molecule has 0 radical (unpaired) electrons. The van der Waals surface area contributed by atoms with Crippen molar-refractivity contribution in [2.75, 3.05) is 6.54 Å². The van der Waals surface area contributed by atoms with Crippen molar-refractivity contribution in [3.8, 4) is 0 Å². The number of hydrogen-bond donors (Lipinski definition) is 1. The topological polar surface area (TPSA) is 105 Å². The highest BCUT2D eigenvalue weighted by Crippen LogP contribution is 2.27. The van der Waals surface area contributed by atoms with Crippen LogP contribution in [0.1, 0.15) is 48.6 Å². The van der Waals surface area contributed by atoms with Gasteiger partial charge in [0, 0.05) is 36.2 Å². The van der Waals surface area contributed by atoms with E-state index < -0.39 is 11.0 Å². The number of thiazole rings is 1. The molecule has 1 aliphatic heterocycles. The first-order valence-electron chi connectivity index (χ1n) is 13.3. The van der Waals surface area contributed by atoms with Crippen molar-refractivity contribution in [2.24, 2.45) is 0 Å². The molecule has 2 amide bonds. The number of nitrogens with zero attached hydrogens (tertiary/aromatic N) is 3. The first kappa shape index (κ1) is 26.3. The molecule has 2 heterocycles. The van der Waals surface area contributed by atoms with Crippen molar-refractivity contribution >= 4 is 39.6 Å². The van der Waals surface area contributed by atoms with Crippen LogP contribution >= 0.6 is 11.3 Å². The molecule has 0 saturated carbocycles. The summed E-state index contributed by atoms with van der Waals surface area (Å²) in [4.78, 5) is 44.2. The largest absolute Gasteiger partial charge is 0.342 e. The van der Waals surface area contributed by atoms with Gasteiger partial charge >= 0.3 is 0 Å². The van der Waals surface area contributed by atoms with E-state index in [4.69, 9.17) is 4.98 Å². The van der Waals surface area contributed by atoms with E-state index in [1.165, 1.54) is 29.0 Å². The molecule has 0 bridgehead atoms. The lowest BCUT2D eigenvalue weighted by Gasteiger charge is -2.28. The second-order valence-electron chi connectivity index (χ2n) is 10.00. The van der Waals surface area contributed by atoms with Crippen LogP contribution in [0.4, 0.5) is 5.69 Å². The zero-order chi connectivity index (χ0) is 28.3. The van der Waals surface area contributed by atoms with Crippen LogP contribution in [0.15, 0.2) is 96.4 Å². The number of benzene rings is 4. The van der Waals surface area contributed by atoms with Crippen molar-refractivity contribution in [1.29, 1.82) is 0 Å². The van der Waals surface area contributed by atoms with Gasteiger partial charge in [0.1, 0.15) is 10.7 Å². The zero-order valence-electron chi connectivity index (χ0n) is 22.0. The molecule has 1 aromatic heterocycles. The third-order valence-corrected chi connectivity index (χ3v) is 8.34. The van der Waals surface area contributed by atoms with Gasteiger partial charge in [-0.3, -0.25) is 19.7 Å². The second-order valence-corrected chi connectivity index (χ2v) is 10.9. The predicted octanol–water partition coefficient (Wildman–Crippen LogP) is 6.12. The molecule has 1 atom stereocenters. The number of fused-ring (bicyclic) bond motifs is 2. The Hall–Kier alpha value is -4.89. The molecule has 0 saturated heterocycles. The Morgan fingerprint density at radius 1 is 0.951 bits per heavy atom. The first-order valence-corrected chi connectivity index (χ1v) is 14.2. The Labute approximate surface area is 240 Å². The van der Waals surface area contributed by atoms with Gasteiger partial charge in [-0.15, -0.1) is 11.3 Å². The van der Waals surface area contributed by atoms with Gasteiger partial charge in [-0.2, -0.15) is 0 Å². The summed E-state index contributed by atoms with van der Waals surface area (Å²) in [7, 11) is 0. The average molecular weight is 563 g/mol. The standard InChI is InChI=1S/C32H26N4O4S/c37-30(27-11-5-9-23-7-3-4-10-26(23)27)33-28(18-21-12-14-25(15-13-21)36(39)40)31-34-29(20-41-31)32(38)35-17-16-22-6-1-2-8-24(22)19-35/h1-15,20,28H,16-19H2,(H,33,37)/t28-/m0/s1. The molecule has 8 nitrogen and oxygen atoms in total. The number of non-ortho nitro benzene ring substituents is 1. The highest BCUT2D eigenvalue weighted by atomic mass is 32.1. The van der Waals surface area contributed by atoms with Crippen molar-refractivity contribution in [3.05, 3.63) is 139 Å². The Kier molecular flexibility index (Phi) is 7.26. The first-order chi connectivity index (χ1) is 20.0. The summed E-state index contributed by atoms with van der Waals surface area (Å²) in [6.07, 6.45) is 1.15. The fourth-order valence-corrected chi connectivity index (χ4v) is 6.07. The normalized spacial score (nSPS) is 13.4. The molecule has 41 heavy (non-hydrogen) atoms. The van der Waals surface area contributed by atoms with Crippen molar-refractivity contribution in [3.63, 3.8) is 0 Å². The zero-order valence-corrected chi connectivity index (χ0v) is 22.8. The van der Waals surface area contributed by atoms with Gasteiger partial charge in [0.25, 0.3) is 17.5 Å². The SMILES string of the molecule is O=C(N[C@@H](Cc1ccc([N+](=O)[O-])cc1)c1nc(C(=O)N2CCc3ccccc3C2)cs1)c1cccc2ccccc12. The number of nitrogens with one attached hydrogen (secondary N) is 1. The molecule has 204 valence electrons. The number of carbonyl (C=O) groups excluding carboxylic acids is 2. The van der Waals surface area contributed by atoms with Gasteiger partial charge in [0.2, 0.25) is 0 Å². The van der Waals surface area contributed by atoms with E-state index in [9.17, 15) is 19.7 Å². The van der Waals surface area contributed by atoms with Gasteiger partial charge in [0.15, 0.2) is 0 Å². The maximum absolute atomic E-state index is 13.6. The van der Waals surface area contributed by atoms with E-state index in [1.54, 1.807) is 28.5 Å². The fourth-order valence-electron chi connectivity index (χ4n) is 5.23. The summed E-state index contributed by atoms with van der Waals surface area (Å²) in [5.41, 5.74) is 4.08. The molecule has 0 spiro atoms. The van der Waals surface area contributed by atoms with E-state index in [1.807, 2.05) is 54.6 Å². The van der Waals surface area contributed by atoms with Gasteiger partial charge in [-0.25, -0.2) is 4.98 Å². The van der Waals surface area contributed by atoms with Gasteiger partial charge in [-0.1, -0.05) is 72.8 Å². The number of nitro benzene ring substituents is 1. The maximum Gasteiger partial charge on any atom is 0.273 e. The number of hydrogen-bond acceptors (Lipinski definition) is 6. The molecule has 1 N–H and O–H groups in total. The van der Waals surface area contributed by atoms with Gasteiger partial charge in [0.05, 0.1) is 11.0 Å². The number of rotatable bonds is 7. The highest BCUT2D eigenvalue weighted by Gasteiger charge is 2.26. The van der Waals surface area contributed by atoms with Crippen LogP contribution in [-0.4, -0.2) is 33.2 Å². The Bertz CT molecular complexity index is 1760. The Balaban J connectivity index is 1.27. The molecular weight excluding hydrogens is 536 g/mol. The quantitative estimate of drug-likeness (QED) is 0.190. The van der Waals surface area contributed by atoms with Gasteiger partial charge < -0.3 is 10.2 Å². The number of nitro groups is 1. The molecular formula is C32H26N4O4S. The highest BCUT2D eigenvalue weighted by molar-refractivity contribution is 7.09. The number of carbonyl (C=O) groups is 2. The molecule has 6 rings (SSSR count). The molecule has 0 fully saturated rings. The minimum absolute atomic E-state index is 0.00433. The minimum Gasteiger partial charge on any atom is -0.342 e. The van der Waals surface area contributed by atoms with Crippen molar-refractivity contribution in [1.82, 2.24) is 15.2 Å². The maximum atomic E-state index is 13.6. The fraction of sp³-hybridized carbons (Fsp3) is 0.156. The van der Waals surface area contributed by atoms with Crippen LogP contribution in [0.5, 0.6) is 0 Å². The van der Waals surface area contributed by atoms with E-state index in [-0.39, 0.29) is 17.5 Å². The summed E-state index contributed by atoms with van der Waals surface area (Å²) in [5, 5.41) is 18.4. The summed E-state index contributed by atoms with van der Waals surface area (Å²) in [6.45, 7) is 1.15. The van der Waals surface area contributed by atoms with Crippen molar-refractivity contribution < 1.29 is 14.5 Å². The Morgan fingerprint density at radius 3 is 2.49 bits per heavy atom. The number of aromatic nitrogens is 1. The summed E-state index contributed by atoms with van der Waals surface area (Å²) >= 11 is 1.32. The molecule has 5 aromatic rings. The van der Waals surface area contributed by atoms with E-state index >= 15 is 0 Å². The molecule has 0 unspecified atom stereocenters. The van der Waals surface area contributed by atoms with E-state index in [0.717, 1.165) is 28.3 Å². The average Bonchev–Trinajstić information content (AvgIpc) is 3.50. The van der Waals surface area contributed by atoms with Crippen LogP contribution in [0, 0.1) is 10.1 Å². The van der Waals surface area contributed by atoms with E-state index in [2.05, 4.69) is 11.4 Å². The smallest absolute Gasteiger partial charge is 0.273 e. The molecule has 1 aliphatic rings. The van der Waals surface area contributed by atoms with Gasteiger partial charge in [-0.05, 0) is 46.4 Å². The van der Waals surface area contributed by atoms with Crippen LogP contribution in [0.2, 0.25) is 0 Å². The molecule has 0 aliphatic carbocycles. The summed E-state index contributed by atoms with van der Waals surface area (Å²) in [5.74, 6) is -0.402. The van der Waals surface area contributed by atoms with Crippen LogP contribution < -0.4 is 5.32 Å². The van der Waals surface area contributed by atoms with E-state index in [0.29, 0.717) is 35.8 Å². The van der Waals surface area contributed by atoms with Crippen molar-refractivity contribution in [2.45, 2.75) is 25.4 Å².